The summed E-state index contributed by atoms with van der Waals surface area (Å²) < 4.78 is 0. The minimum absolute atomic E-state index is 0. The number of rotatable bonds is 3. The van der Waals surface area contributed by atoms with Crippen molar-refractivity contribution >= 4 is 35.6 Å². The summed E-state index contributed by atoms with van der Waals surface area (Å²) in [5, 5.41) is 3.71. The summed E-state index contributed by atoms with van der Waals surface area (Å²) in [5.74, 6) is 0. The number of hydrogen-bond donors (Lipinski definition) is 1. The molecule has 0 atom stereocenters. The molecule has 6 heteroatoms. The normalized spacial score (nSPS) is 9.46. The van der Waals surface area contributed by atoms with Gasteiger partial charge in [0, 0.05) is 18.3 Å². The highest BCUT2D eigenvalue weighted by atomic mass is 35.5. The Hall–Kier alpha value is -0.0900. The van der Waals surface area contributed by atoms with Crippen molar-refractivity contribution in [3.8, 4) is 0 Å². The van der Waals surface area contributed by atoms with Crippen molar-refractivity contribution in [1.82, 2.24) is 15.3 Å². The summed E-state index contributed by atoms with van der Waals surface area (Å²) >= 11 is 11.3. The van der Waals surface area contributed by atoms with Gasteiger partial charge in [-0.2, -0.15) is 0 Å². The van der Waals surface area contributed by atoms with Crippen molar-refractivity contribution in [2.24, 2.45) is 0 Å². The second kappa shape index (κ2) is 6.38. The third kappa shape index (κ3) is 4.09. The monoisotopic (exact) mass is 241 g/mol. The van der Waals surface area contributed by atoms with Crippen molar-refractivity contribution in [2.45, 2.75) is 13.5 Å². The molecular weight excluding hydrogens is 232 g/mol. The van der Waals surface area contributed by atoms with Crippen LogP contribution < -0.4 is 5.32 Å². The number of hydrogen-bond acceptors (Lipinski definition) is 3. The first-order chi connectivity index (χ1) is 5.74. The van der Waals surface area contributed by atoms with Gasteiger partial charge in [-0.25, -0.2) is 9.97 Å². The average molecular weight is 243 g/mol. The van der Waals surface area contributed by atoms with Crippen molar-refractivity contribution in [2.75, 3.05) is 6.54 Å². The molecule has 0 saturated heterocycles. The topological polar surface area (TPSA) is 37.8 Å². The lowest BCUT2D eigenvalue weighted by atomic mass is 10.3. The van der Waals surface area contributed by atoms with Gasteiger partial charge in [0.15, 0.2) is 0 Å². The zero-order chi connectivity index (χ0) is 8.97. The molecule has 13 heavy (non-hydrogen) atoms. The summed E-state index contributed by atoms with van der Waals surface area (Å²) in [6, 6.07) is 0. The van der Waals surface area contributed by atoms with E-state index in [-0.39, 0.29) is 17.7 Å². The molecule has 0 radical (unpaired) electrons. The molecule has 0 amide bonds. The van der Waals surface area contributed by atoms with Crippen molar-refractivity contribution < 1.29 is 0 Å². The smallest absolute Gasteiger partial charge is 0.223 e. The first-order valence-corrected chi connectivity index (χ1v) is 4.37. The fourth-order valence-corrected chi connectivity index (χ4v) is 1.12. The van der Waals surface area contributed by atoms with Gasteiger partial charge >= 0.3 is 0 Å². The molecule has 1 aromatic heterocycles. The Balaban J connectivity index is 0.00000144. The van der Waals surface area contributed by atoms with Crippen molar-refractivity contribution in [3.63, 3.8) is 0 Å². The summed E-state index contributed by atoms with van der Waals surface area (Å²) in [4.78, 5) is 7.63. The van der Waals surface area contributed by atoms with E-state index in [1.165, 1.54) is 0 Å². The first-order valence-electron chi connectivity index (χ1n) is 3.61. The maximum absolute atomic E-state index is 5.79. The van der Waals surface area contributed by atoms with Crippen LogP contribution in [0.5, 0.6) is 0 Å². The Kier molecular flexibility index (Phi) is 6.33. The van der Waals surface area contributed by atoms with Gasteiger partial charge in [0.25, 0.3) is 0 Å². The summed E-state index contributed by atoms with van der Waals surface area (Å²) in [6.07, 6.45) is 1.63. The molecule has 1 heterocycles. The third-order valence-corrected chi connectivity index (χ3v) is 1.86. The lowest BCUT2D eigenvalue weighted by Crippen LogP contribution is -2.12. The fraction of sp³-hybridized carbons (Fsp3) is 0.429. The molecule has 74 valence electrons. The highest BCUT2D eigenvalue weighted by Crippen LogP contribution is 2.13. The predicted molar refractivity (Wildman–Crippen MR) is 56.7 cm³/mol. The van der Waals surface area contributed by atoms with E-state index in [0.717, 1.165) is 12.1 Å². The number of nitrogens with one attached hydrogen (secondary N) is 1. The standard InChI is InChI=1S/C7H9Cl2N3.ClH/c1-2-10-3-5-4-11-7(9)12-6(5)8;/h4,10H,2-3H2,1H3;1H. The van der Waals surface area contributed by atoms with Crippen LogP contribution in [0.1, 0.15) is 12.5 Å². The Morgan fingerprint density at radius 1 is 1.46 bits per heavy atom. The molecule has 0 bridgehead atoms. The van der Waals surface area contributed by atoms with E-state index >= 15 is 0 Å². The molecule has 1 aromatic rings. The van der Waals surface area contributed by atoms with Gasteiger partial charge in [-0.3, -0.25) is 0 Å². The fourth-order valence-electron chi connectivity index (χ4n) is 0.744. The van der Waals surface area contributed by atoms with E-state index < -0.39 is 0 Å². The molecule has 0 aliphatic rings. The molecule has 0 spiro atoms. The van der Waals surface area contributed by atoms with E-state index in [9.17, 15) is 0 Å². The highest BCUT2D eigenvalue weighted by molar-refractivity contribution is 6.32. The number of nitrogens with zero attached hydrogens (tertiary/aromatic N) is 2. The van der Waals surface area contributed by atoms with Gasteiger partial charge in [0.05, 0.1) is 0 Å². The predicted octanol–water partition coefficient (Wildman–Crippen LogP) is 2.31. The molecule has 0 unspecified atom stereocenters. The van der Waals surface area contributed by atoms with Crippen LogP contribution in [0.15, 0.2) is 6.20 Å². The zero-order valence-corrected chi connectivity index (χ0v) is 9.38. The SMILES string of the molecule is CCNCc1cnc(Cl)nc1Cl.Cl. The summed E-state index contributed by atoms with van der Waals surface area (Å²) in [7, 11) is 0. The van der Waals surface area contributed by atoms with E-state index in [0.29, 0.717) is 11.7 Å². The van der Waals surface area contributed by atoms with Gasteiger partial charge in [-0.1, -0.05) is 18.5 Å². The largest absolute Gasteiger partial charge is 0.313 e. The van der Waals surface area contributed by atoms with Crippen LogP contribution >= 0.6 is 35.6 Å². The second-order valence-electron chi connectivity index (χ2n) is 2.24. The van der Waals surface area contributed by atoms with Crippen LogP contribution in [-0.2, 0) is 6.54 Å². The van der Waals surface area contributed by atoms with Crippen molar-refractivity contribution in [1.29, 1.82) is 0 Å². The molecule has 0 aromatic carbocycles. The van der Waals surface area contributed by atoms with Crippen molar-refractivity contribution in [3.05, 3.63) is 22.2 Å². The summed E-state index contributed by atoms with van der Waals surface area (Å²) in [5.41, 5.74) is 0.864. The quantitative estimate of drug-likeness (QED) is 0.653. The minimum atomic E-state index is 0. The number of aromatic nitrogens is 2. The van der Waals surface area contributed by atoms with Crippen LogP contribution in [0.3, 0.4) is 0 Å². The molecule has 1 rings (SSSR count). The van der Waals surface area contributed by atoms with Gasteiger partial charge in [-0.05, 0) is 18.1 Å². The molecule has 0 aliphatic heterocycles. The minimum Gasteiger partial charge on any atom is -0.313 e. The Morgan fingerprint density at radius 3 is 2.69 bits per heavy atom. The van der Waals surface area contributed by atoms with E-state index in [4.69, 9.17) is 23.2 Å². The van der Waals surface area contributed by atoms with Crippen LogP contribution in [0.25, 0.3) is 0 Å². The molecular formula is C7H10Cl3N3. The second-order valence-corrected chi connectivity index (χ2v) is 2.93. The van der Waals surface area contributed by atoms with Gasteiger partial charge in [-0.15, -0.1) is 12.4 Å². The van der Waals surface area contributed by atoms with Crippen LogP contribution in [-0.4, -0.2) is 16.5 Å². The Morgan fingerprint density at radius 2 is 2.15 bits per heavy atom. The van der Waals surface area contributed by atoms with Gasteiger partial charge < -0.3 is 5.32 Å². The van der Waals surface area contributed by atoms with Gasteiger partial charge in [0.2, 0.25) is 5.28 Å². The first kappa shape index (κ1) is 12.9. The lowest BCUT2D eigenvalue weighted by Gasteiger charge is -2.02. The van der Waals surface area contributed by atoms with Crippen LogP contribution in [0.2, 0.25) is 10.4 Å². The molecule has 0 fully saturated rings. The Bertz CT molecular complexity index is 267. The maximum Gasteiger partial charge on any atom is 0.223 e. The average Bonchev–Trinajstić information content (AvgIpc) is 2.03. The zero-order valence-electron chi connectivity index (χ0n) is 7.05. The molecule has 3 nitrogen and oxygen atoms in total. The molecule has 0 aliphatic carbocycles. The van der Waals surface area contributed by atoms with E-state index in [1.54, 1.807) is 6.20 Å². The summed E-state index contributed by atoms with van der Waals surface area (Å²) in [6.45, 7) is 3.58. The maximum atomic E-state index is 5.79. The lowest BCUT2D eigenvalue weighted by molar-refractivity contribution is 0.721. The van der Waals surface area contributed by atoms with E-state index in [1.807, 2.05) is 6.92 Å². The number of halogens is 3. The van der Waals surface area contributed by atoms with Gasteiger partial charge in [0.1, 0.15) is 5.15 Å². The Labute approximate surface area is 93.3 Å². The molecule has 1 N–H and O–H groups in total. The van der Waals surface area contributed by atoms with E-state index in [2.05, 4.69) is 15.3 Å². The highest BCUT2D eigenvalue weighted by Gasteiger charge is 2.01. The third-order valence-electron chi connectivity index (χ3n) is 1.35. The van der Waals surface area contributed by atoms with Crippen LogP contribution in [0.4, 0.5) is 0 Å². The van der Waals surface area contributed by atoms with Crippen LogP contribution in [0, 0.1) is 0 Å². The molecule has 0 saturated carbocycles.